The van der Waals surface area contributed by atoms with Crippen LogP contribution in [0.25, 0.3) is 11.1 Å². The predicted octanol–water partition coefficient (Wildman–Crippen LogP) is 3.66. The molecule has 5 rings (SSSR count). The zero-order chi connectivity index (χ0) is 22.5. The van der Waals surface area contributed by atoms with Crippen molar-refractivity contribution in [2.45, 2.75) is 36.6 Å². The van der Waals surface area contributed by atoms with Crippen LogP contribution in [-0.4, -0.2) is 39.5 Å². The monoisotopic (exact) mass is 493 g/mol. The molecule has 7 nitrogen and oxygen atoms in total. The fraction of sp³-hybridized carbons (Fsp3) is 0.364. The second-order valence-electron chi connectivity index (χ2n) is 8.69. The maximum Gasteiger partial charge on any atom is 0.417 e. The number of fused-ring (bicyclic) bond motifs is 1. The summed E-state index contributed by atoms with van der Waals surface area (Å²) >= 11 is 10.6. The van der Waals surface area contributed by atoms with Crippen LogP contribution in [0.1, 0.15) is 24.8 Å². The van der Waals surface area contributed by atoms with Crippen molar-refractivity contribution in [3.8, 4) is 0 Å². The van der Waals surface area contributed by atoms with E-state index in [1.807, 2.05) is 17.0 Å². The van der Waals surface area contributed by atoms with Crippen LogP contribution in [0.4, 0.5) is 0 Å². The first-order valence-corrected chi connectivity index (χ1v) is 12.2. The molecule has 168 valence electrons. The maximum absolute atomic E-state index is 12.6. The third kappa shape index (κ3) is 4.43. The van der Waals surface area contributed by atoms with E-state index in [9.17, 15) is 14.1 Å². The van der Waals surface area contributed by atoms with E-state index >= 15 is 0 Å². The molecule has 0 bridgehead atoms. The third-order valence-corrected chi connectivity index (χ3v) is 7.86. The van der Waals surface area contributed by atoms with Crippen LogP contribution in [0.3, 0.4) is 0 Å². The summed E-state index contributed by atoms with van der Waals surface area (Å²) in [7, 11) is 0. The highest BCUT2D eigenvalue weighted by molar-refractivity contribution is 7.89. The first-order chi connectivity index (χ1) is 15.3. The number of halogens is 2. The molecule has 1 atom stereocenters. The van der Waals surface area contributed by atoms with Crippen molar-refractivity contribution in [2.24, 2.45) is 5.41 Å². The number of oxazole rings is 1. The molecule has 32 heavy (non-hydrogen) atoms. The van der Waals surface area contributed by atoms with Crippen molar-refractivity contribution in [3.63, 3.8) is 0 Å². The summed E-state index contributed by atoms with van der Waals surface area (Å²) in [6.07, 6.45) is 2.80. The van der Waals surface area contributed by atoms with Crippen molar-refractivity contribution >= 4 is 51.6 Å². The standard InChI is InChI=1S/C22H21Cl2N3O4S/c23-14-5-13(6-15(24)7-14)1-4-20(28)27-11-22(12-27)9-16(10-22)26-32(30)17-2-3-18-19(8-17)31-21(29)25-18/h2-3,5-8,16,26H,1,4,9-12H2,(H,25,29). The molecule has 1 aromatic heterocycles. The summed E-state index contributed by atoms with van der Waals surface area (Å²) in [5.74, 6) is -0.398. The molecule has 2 aliphatic rings. The molecule has 2 fully saturated rings. The fourth-order valence-corrected chi connectivity index (χ4v) is 6.27. The Morgan fingerprint density at radius 1 is 1.22 bits per heavy atom. The van der Waals surface area contributed by atoms with Gasteiger partial charge in [0.1, 0.15) is 0 Å². The largest absolute Gasteiger partial charge is 0.593 e. The number of H-pyrrole nitrogens is 1. The number of hydrogen-bond donors (Lipinski definition) is 2. The number of benzene rings is 2. The molecule has 3 aromatic rings. The fourth-order valence-electron chi connectivity index (χ4n) is 4.69. The van der Waals surface area contributed by atoms with Gasteiger partial charge in [0.05, 0.1) is 22.9 Å². The van der Waals surface area contributed by atoms with Crippen molar-refractivity contribution < 1.29 is 13.8 Å². The normalized spacial score (nSPS) is 18.5. The number of aromatic nitrogens is 1. The molecular weight excluding hydrogens is 473 g/mol. The quantitative estimate of drug-likeness (QED) is 0.510. The number of hydrogen-bond acceptors (Lipinski definition) is 5. The Hall–Kier alpha value is -1.97. The van der Waals surface area contributed by atoms with Gasteiger partial charge in [0.15, 0.2) is 10.5 Å². The van der Waals surface area contributed by atoms with Crippen LogP contribution in [-0.2, 0) is 22.6 Å². The average Bonchev–Trinajstić information content (AvgIpc) is 3.05. The van der Waals surface area contributed by atoms with Gasteiger partial charge in [-0.15, -0.1) is 4.72 Å². The summed E-state index contributed by atoms with van der Waals surface area (Å²) in [5.41, 5.74) is 2.06. The minimum Gasteiger partial charge on any atom is -0.593 e. The second-order valence-corrected chi connectivity index (χ2v) is 10.8. The minimum atomic E-state index is -1.39. The number of carbonyl (C=O) groups is 1. The van der Waals surface area contributed by atoms with Crippen LogP contribution >= 0.6 is 23.2 Å². The first kappa shape index (κ1) is 21.9. The highest BCUT2D eigenvalue weighted by atomic mass is 35.5. The lowest BCUT2D eigenvalue weighted by Gasteiger charge is -2.58. The van der Waals surface area contributed by atoms with Crippen LogP contribution in [0.15, 0.2) is 50.5 Å². The Bertz CT molecular complexity index is 1210. The van der Waals surface area contributed by atoms with Gasteiger partial charge in [-0.2, -0.15) is 0 Å². The molecule has 1 saturated carbocycles. The summed E-state index contributed by atoms with van der Waals surface area (Å²) in [6, 6.07) is 10.5. The number of nitrogens with zero attached hydrogens (tertiary/aromatic N) is 1. The van der Waals surface area contributed by atoms with Gasteiger partial charge in [-0.3, -0.25) is 9.78 Å². The summed E-state index contributed by atoms with van der Waals surface area (Å²) in [4.78, 5) is 28.8. The number of carbonyl (C=O) groups excluding carboxylic acids is 1. The average molecular weight is 494 g/mol. The molecule has 1 unspecified atom stereocenters. The number of rotatable bonds is 6. The maximum atomic E-state index is 12.6. The molecule has 1 saturated heterocycles. The molecule has 2 heterocycles. The molecule has 1 aliphatic carbocycles. The van der Waals surface area contributed by atoms with Gasteiger partial charge in [-0.05, 0) is 55.2 Å². The van der Waals surface area contributed by atoms with Crippen LogP contribution in [0.2, 0.25) is 10.0 Å². The van der Waals surface area contributed by atoms with Gasteiger partial charge in [0.2, 0.25) is 5.91 Å². The van der Waals surface area contributed by atoms with Crippen molar-refractivity contribution in [3.05, 3.63) is 62.6 Å². The van der Waals surface area contributed by atoms with E-state index in [1.165, 1.54) is 0 Å². The number of aromatic amines is 1. The van der Waals surface area contributed by atoms with E-state index in [1.54, 1.807) is 24.3 Å². The smallest absolute Gasteiger partial charge is 0.417 e. The second kappa shape index (κ2) is 8.43. The zero-order valence-corrected chi connectivity index (χ0v) is 19.4. The Morgan fingerprint density at radius 3 is 2.66 bits per heavy atom. The minimum absolute atomic E-state index is 0.132. The summed E-state index contributed by atoms with van der Waals surface area (Å²) in [5, 5.41) is 1.15. The first-order valence-electron chi connectivity index (χ1n) is 10.3. The zero-order valence-electron chi connectivity index (χ0n) is 17.0. The molecule has 1 spiro atoms. The van der Waals surface area contributed by atoms with Crippen molar-refractivity contribution in [1.29, 1.82) is 0 Å². The molecular formula is C22H21Cl2N3O4S. The van der Waals surface area contributed by atoms with E-state index in [0.29, 0.717) is 38.9 Å². The Labute approximate surface area is 197 Å². The molecule has 2 N–H and O–H groups in total. The number of amides is 1. The van der Waals surface area contributed by atoms with Gasteiger partial charge >= 0.3 is 5.76 Å². The lowest BCUT2D eigenvalue weighted by atomic mass is 9.61. The number of likely N-dealkylation sites (tertiary alicyclic amines) is 1. The highest BCUT2D eigenvalue weighted by Crippen LogP contribution is 2.48. The molecule has 10 heteroatoms. The van der Waals surface area contributed by atoms with Gasteiger partial charge in [0, 0.05) is 41.0 Å². The van der Waals surface area contributed by atoms with E-state index in [-0.39, 0.29) is 17.4 Å². The van der Waals surface area contributed by atoms with E-state index < -0.39 is 17.1 Å². The lowest BCUT2D eigenvalue weighted by Crippen LogP contribution is -2.67. The van der Waals surface area contributed by atoms with E-state index in [4.69, 9.17) is 27.6 Å². The SMILES string of the molecule is O=C(CCc1cc(Cl)cc(Cl)c1)N1CC2(CC(N[S+]([O-])c3ccc4[nH]c(=O)oc4c3)C2)C1. The summed E-state index contributed by atoms with van der Waals surface area (Å²) in [6.45, 7) is 1.49. The Balaban J connectivity index is 1.08. The number of aryl methyl sites for hydroxylation is 1. The number of nitrogens with one attached hydrogen (secondary N) is 2. The third-order valence-electron chi connectivity index (χ3n) is 6.19. The van der Waals surface area contributed by atoms with Crippen molar-refractivity contribution in [2.75, 3.05) is 13.1 Å². The molecule has 1 amide bonds. The lowest BCUT2D eigenvalue weighted by molar-refractivity contribution is -0.151. The van der Waals surface area contributed by atoms with Gasteiger partial charge in [-0.25, -0.2) is 4.79 Å². The molecule has 2 aromatic carbocycles. The predicted molar refractivity (Wildman–Crippen MR) is 123 cm³/mol. The molecule has 0 radical (unpaired) electrons. The highest BCUT2D eigenvalue weighted by Gasteiger charge is 2.54. The Kier molecular flexibility index (Phi) is 5.75. The van der Waals surface area contributed by atoms with Gasteiger partial charge < -0.3 is 13.9 Å². The van der Waals surface area contributed by atoms with Crippen molar-refractivity contribution in [1.82, 2.24) is 14.6 Å². The van der Waals surface area contributed by atoms with Gasteiger partial charge in [0.25, 0.3) is 0 Å². The summed E-state index contributed by atoms with van der Waals surface area (Å²) < 4.78 is 20.8. The van der Waals surface area contributed by atoms with Crippen LogP contribution in [0, 0.1) is 5.41 Å². The Morgan fingerprint density at radius 2 is 1.94 bits per heavy atom. The topological polar surface area (TPSA) is 101 Å². The van der Waals surface area contributed by atoms with Crippen LogP contribution < -0.4 is 10.5 Å². The van der Waals surface area contributed by atoms with E-state index in [0.717, 1.165) is 31.5 Å². The molecule has 1 aliphatic heterocycles. The van der Waals surface area contributed by atoms with Crippen LogP contribution in [0.5, 0.6) is 0 Å². The van der Waals surface area contributed by atoms with E-state index in [2.05, 4.69) is 9.71 Å². The van der Waals surface area contributed by atoms with Gasteiger partial charge in [-0.1, -0.05) is 23.2 Å².